The van der Waals surface area contributed by atoms with E-state index in [9.17, 15) is 5.11 Å². The fourth-order valence-electron chi connectivity index (χ4n) is 1.16. The third-order valence-electron chi connectivity index (χ3n) is 1.82. The summed E-state index contributed by atoms with van der Waals surface area (Å²) < 4.78 is 14.7. The van der Waals surface area contributed by atoms with E-state index < -0.39 is 24.6 Å². The van der Waals surface area contributed by atoms with Crippen LogP contribution in [0.25, 0.3) is 0 Å². The summed E-state index contributed by atoms with van der Waals surface area (Å²) in [6.07, 6.45) is -2.40. The first-order valence-electron chi connectivity index (χ1n) is 3.53. The van der Waals surface area contributed by atoms with Gasteiger partial charge in [0.25, 0.3) is 0 Å². The van der Waals surface area contributed by atoms with Crippen molar-refractivity contribution in [2.24, 2.45) is 5.92 Å². The molecule has 0 aliphatic carbocycles. The summed E-state index contributed by atoms with van der Waals surface area (Å²) in [4.78, 5) is 0. The molecule has 0 aromatic rings. The lowest BCUT2D eigenvalue weighted by Gasteiger charge is -2.10. The average molecular weight is 173 g/mol. The highest BCUT2D eigenvalue weighted by atomic mass is 16.8. The standard InChI is InChI=1S/C7H11NO4/c1-10-6-4(3-8)5(9)7(11-2)12-6/h4-7,9H,1-2H3/t4-,5-,6+,7-/m0/s1. The van der Waals surface area contributed by atoms with Crippen LogP contribution in [-0.2, 0) is 14.2 Å². The van der Waals surface area contributed by atoms with Gasteiger partial charge in [0.2, 0.25) is 0 Å². The minimum Gasteiger partial charge on any atom is -0.386 e. The van der Waals surface area contributed by atoms with Crippen molar-refractivity contribution in [2.45, 2.75) is 18.7 Å². The first-order valence-corrected chi connectivity index (χ1v) is 3.53. The topological polar surface area (TPSA) is 71.7 Å². The van der Waals surface area contributed by atoms with Gasteiger partial charge in [0.1, 0.15) is 12.0 Å². The van der Waals surface area contributed by atoms with Crippen molar-refractivity contribution in [3.05, 3.63) is 0 Å². The van der Waals surface area contributed by atoms with Crippen LogP contribution in [0.4, 0.5) is 0 Å². The first kappa shape index (κ1) is 9.42. The average Bonchev–Trinajstić information content (AvgIpc) is 2.41. The highest BCUT2D eigenvalue weighted by Gasteiger charge is 2.44. The van der Waals surface area contributed by atoms with Crippen molar-refractivity contribution < 1.29 is 19.3 Å². The van der Waals surface area contributed by atoms with Gasteiger partial charge in [0.15, 0.2) is 12.6 Å². The van der Waals surface area contributed by atoms with E-state index in [2.05, 4.69) is 0 Å². The molecule has 1 N–H and O–H groups in total. The van der Waals surface area contributed by atoms with E-state index in [0.717, 1.165) is 0 Å². The molecule has 5 heteroatoms. The van der Waals surface area contributed by atoms with Gasteiger partial charge in [-0.25, -0.2) is 0 Å². The van der Waals surface area contributed by atoms with Gasteiger partial charge >= 0.3 is 0 Å². The van der Waals surface area contributed by atoms with E-state index in [1.807, 2.05) is 6.07 Å². The van der Waals surface area contributed by atoms with Gasteiger partial charge in [-0.3, -0.25) is 0 Å². The molecule has 4 atom stereocenters. The number of hydrogen-bond donors (Lipinski definition) is 1. The van der Waals surface area contributed by atoms with Gasteiger partial charge in [-0.1, -0.05) is 0 Å². The molecule has 0 saturated carbocycles. The molecule has 0 aromatic carbocycles. The van der Waals surface area contributed by atoms with Crippen molar-refractivity contribution >= 4 is 0 Å². The van der Waals surface area contributed by atoms with E-state index in [4.69, 9.17) is 19.5 Å². The lowest BCUT2D eigenvalue weighted by Crippen LogP contribution is -2.27. The van der Waals surface area contributed by atoms with E-state index >= 15 is 0 Å². The monoisotopic (exact) mass is 173 g/mol. The summed E-state index contributed by atoms with van der Waals surface area (Å²) in [5, 5.41) is 18.0. The summed E-state index contributed by atoms with van der Waals surface area (Å²) in [6.45, 7) is 0. The molecule has 0 bridgehead atoms. The third-order valence-corrected chi connectivity index (χ3v) is 1.82. The molecule has 1 rings (SSSR count). The van der Waals surface area contributed by atoms with Crippen LogP contribution in [-0.4, -0.2) is 38.0 Å². The summed E-state index contributed by atoms with van der Waals surface area (Å²) in [5.41, 5.74) is 0. The molecular formula is C7H11NO4. The quantitative estimate of drug-likeness (QED) is 0.607. The number of aliphatic hydroxyl groups excluding tert-OH is 1. The lowest BCUT2D eigenvalue weighted by atomic mass is 10.1. The fraction of sp³-hybridized carbons (Fsp3) is 0.857. The molecule has 5 nitrogen and oxygen atoms in total. The maximum atomic E-state index is 9.40. The van der Waals surface area contributed by atoms with Gasteiger partial charge in [-0.05, 0) is 0 Å². The Hall–Kier alpha value is -0.670. The molecule has 1 saturated heterocycles. The summed E-state index contributed by atoms with van der Waals surface area (Å²) in [5.74, 6) is -0.681. The maximum absolute atomic E-state index is 9.40. The third kappa shape index (κ3) is 1.42. The Kier molecular flexibility index (Phi) is 3.00. The molecule has 0 unspecified atom stereocenters. The largest absolute Gasteiger partial charge is 0.386 e. The fourth-order valence-corrected chi connectivity index (χ4v) is 1.16. The van der Waals surface area contributed by atoms with Crippen LogP contribution in [0.1, 0.15) is 0 Å². The van der Waals surface area contributed by atoms with Crippen LogP contribution in [0.3, 0.4) is 0 Å². The zero-order valence-corrected chi connectivity index (χ0v) is 6.93. The van der Waals surface area contributed by atoms with Gasteiger partial charge in [-0.2, -0.15) is 5.26 Å². The van der Waals surface area contributed by atoms with E-state index in [1.54, 1.807) is 0 Å². The summed E-state index contributed by atoms with van der Waals surface area (Å²) in [7, 11) is 2.82. The predicted molar refractivity (Wildman–Crippen MR) is 37.8 cm³/mol. The van der Waals surface area contributed by atoms with Crippen LogP contribution >= 0.6 is 0 Å². The Morgan fingerprint density at radius 3 is 2.25 bits per heavy atom. The minimum atomic E-state index is -0.940. The molecule has 0 spiro atoms. The van der Waals surface area contributed by atoms with E-state index in [-0.39, 0.29) is 0 Å². The molecule has 1 heterocycles. The number of rotatable bonds is 2. The molecule has 68 valence electrons. The van der Waals surface area contributed by atoms with Crippen LogP contribution in [0, 0.1) is 17.2 Å². The highest BCUT2D eigenvalue weighted by Crippen LogP contribution is 2.27. The molecule has 0 radical (unpaired) electrons. The predicted octanol–water partition coefficient (Wildman–Crippen LogP) is -0.538. The molecule has 12 heavy (non-hydrogen) atoms. The highest BCUT2D eigenvalue weighted by molar-refractivity contribution is 4.96. The van der Waals surface area contributed by atoms with Crippen molar-refractivity contribution in [1.29, 1.82) is 5.26 Å². The Balaban J connectivity index is 2.66. The minimum absolute atomic E-state index is 0.681. The van der Waals surface area contributed by atoms with Gasteiger partial charge in [0, 0.05) is 14.2 Å². The van der Waals surface area contributed by atoms with Crippen LogP contribution in [0.15, 0.2) is 0 Å². The van der Waals surface area contributed by atoms with E-state index in [0.29, 0.717) is 0 Å². The molecule has 1 aliphatic rings. The van der Waals surface area contributed by atoms with Crippen molar-refractivity contribution in [3.63, 3.8) is 0 Å². The molecule has 0 amide bonds. The summed E-state index contributed by atoms with van der Waals surface area (Å²) in [6, 6.07) is 1.90. The first-order chi connectivity index (χ1) is 5.74. The maximum Gasteiger partial charge on any atom is 0.187 e. The number of ether oxygens (including phenoxy) is 3. The van der Waals surface area contributed by atoms with Crippen LogP contribution in [0.5, 0.6) is 0 Å². The Bertz CT molecular complexity index is 188. The Labute approximate surface area is 70.5 Å². The number of nitrogens with zero attached hydrogens (tertiary/aromatic N) is 1. The SMILES string of the molecule is CO[C@H]1O[C@@H](OC)[C@@H](C#N)[C@@H]1O. The normalized spacial score (nSPS) is 41.2. The van der Waals surface area contributed by atoms with Gasteiger partial charge in [-0.15, -0.1) is 0 Å². The van der Waals surface area contributed by atoms with Crippen molar-refractivity contribution in [1.82, 2.24) is 0 Å². The number of hydrogen-bond acceptors (Lipinski definition) is 5. The second kappa shape index (κ2) is 3.83. The molecule has 1 fully saturated rings. The van der Waals surface area contributed by atoms with Crippen LogP contribution < -0.4 is 0 Å². The second-order valence-electron chi connectivity index (χ2n) is 2.49. The smallest absolute Gasteiger partial charge is 0.187 e. The van der Waals surface area contributed by atoms with Gasteiger partial charge in [0.05, 0.1) is 6.07 Å². The van der Waals surface area contributed by atoms with Crippen LogP contribution in [0.2, 0.25) is 0 Å². The van der Waals surface area contributed by atoms with Gasteiger partial charge < -0.3 is 19.3 Å². The molecular weight excluding hydrogens is 162 g/mol. The van der Waals surface area contributed by atoms with E-state index in [1.165, 1.54) is 14.2 Å². The second-order valence-corrected chi connectivity index (χ2v) is 2.49. The molecule has 1 aliphatic heterocycles. The lowest BCUT2D eigenvalue weighted by molar-refractivity contribution is -0.200. The Morgan fingerprint density at radius 2 is 1.92 bits per heavy atom. The number of methoxy groups -OCH3 is 2. The molecule has 0 aromatic heterocycles. The Morgan fingerprint density at radius 1 is 1.33 bits per heavy atom. The van der Waals surface area contributed by atoms with Crippen molar-refractivity contribution in [2.75, 3.05) is 14.2 Å². The zero-order valence-electron chi connectivity index (χ0n) is 6.93. The zero-order chi connectivity index (χ0) is 9.14. The van der Waals surface area contributed by atoms with Crippen molar-refractivity contribution in [3.8, 4) is 6.07 Å². The number of aliphatic hydroxyl groups is 1. The number of nitriles is 1. The summed E-state index contributed by atoms with van der Waals surface area (Å²) >= 11 is 0.